The maximum absolute atomic E-state index is 13.0. The third-order valence-corrected chi connectivity index (χ3v) is 4.55. The van der Waals surface area contributed by atoms with Gasteiger partial charge in [0.2, 0.25) is 5.91 Å². The summed E-state index contributed by atoms with van der Waals surface area (Å²) in [4.78, 5) is 24.8. The number of carbonyl (C=O) groups is 2. The van der Waals surface area contributed by atoms with Crippen molar-refractivity contribution in [3.63, 3.8) is 0 Å². The molecule has 0 unspecified atom stereocenters. The summed E-state index contributed by atoms with van der Waals surface area (Å²) in [7, 11) is 0. The summed E-state index contributed by atoms with van der Waals surface area (Å²) in [5.41, 5.74) is 5.80. The van der Waals surface area contributed by atoms with Gasteiger partial charge in [-0.25, -0.2) is 0 Å². The van der Waals surface area contributed by atoms with E-state index in [1.807, 2.05) is 0 Å². The first kappa shape index (κ1) is 15.8. The fourth-order valence-electron chi connectivity index (χ4n) is 3.29. The second kappa shape index (κ2) is 5.54. The number of alkyl halides is 3. The van der Waals surface area contributed by atoms with Gasteiger partial charge in [0.15, 0.2) is 5.69 Å². The number of aromatic nitrogens is 1. The van der Waals surface area contributed by atoms with E-state index in [1.54, 1.807) is 0 Å². The molecular formula is C14H16F3N3O3. The summed E-state index contributed by atoms with van der Waals surface area (Å²) >= 11 is 0. The second-order valence-electron chi connectivity index (χ2n) is 6.01. The molecule has 2 heterocycles. The number of hydrogen-bond acceptors (Lipinski definition) is 4. The predicted molar refractivity (Wildman–Crippen MR) is 71.3 cm³/mol. The van der Waals surface area contributed by atoms with Crippen molar-refractivity contribution in [2.45, 2.75) is 31.9 Å². The van der Waals surface area contributed by atoms with Gasteiger partial charge < -0.3 is 15.2 Å². The number of hydrogen-bond donors (Lipinski definition) is 1. The Kier molecular flexibility index (Phi) is 3.81. The van der Waals surface area contributed by atoms with Gasteiger partial charge in [-0.1, -0.05) is 5.16 Å². The summed E-state index contributed by atoms with van der Waals surface area (Å²) in [6, 6.07) is 0. The number of carbonyl (C=O) groups excluding carboxylic acids is 2. The van der Waals surface area contributed by atoms with E-state index in [1.165, 1.54) is 0 Å². The fourth-order valence-corrected chi connectivity index (χ4v) is 3.29. The molecule has 2 N–H and O–H groups in total. The van der Waals surface area contributed by atoms with Crippen LogP contribution in [0.15, 0.2) is 4.52 Å². The lowest BCUT2D eigenvalue weighted by atomic mass is 9.95. The monoisotopic (exact) mass is 331 g/mol. The first-order chi connectivity index (χ1) is 10.8. The second-order valence-corrected chi connectivity index (χ2v) is 6.01. The summed E-state index contributed by atoms with van der Waals surface area (Å²) in [5.74, 6) is -4.43. The Hall–Kier alpha value is -2.06. The Balaban J connectivity index is 1.84. The molecule has 2 amide bonds. The summed E-state index contributed by atoms with van der Waals surface area (Å²) in [6.07, 6.45) is -1.48. The molecule has 2 aliphatic rings. The highest BCUT2D eigenvalue weighted by Gasteiger charge is 2.53. The first-order valence-electron chi connectivity index (χ1n) is 7.41. The Morgan fingerprint density at radius 1 is 1.22 bits per heavy atom. The fraction of sp³-hybridized carbons (Fsp3) is 0.643. The molecule has 6 nitrogen and oxygen atoms in total. The highest BCUT2D eigenvalue weighted by atomic mass is 19.4. The van der Waals surface area contributed by atoms with Crippen LogP contribution in [0.1, 0.15) is 34.7 Å². The highest BCUT2D eigenvalue weighted by Crippen LogP contribution is 2.38. The summed E-state index contributed by atoms with van der Waals surface area (Å²) < 4.78 is 44.3. The molecule has 0 spiro atoms. The van der Waals surface area contributed by atoms with Crippen molar-refractivity contribution >= 4 is 11.8 Å². The van der Waals surface area contributed by atoms with Crippen LogP contribution in [-0.2, 0) is 17.6 Å². The third-order valence-electron chi connectivity index (χ3n) is 4.55. The van der Waals surface area contributed by atoms with Gasteiger partial charge in [-0.2, -0.15) is 13.2 Å². The van der Waals surface area contributed by atoms with Crippen molar-refractivity contribution in [2.75, 3.05) is 13.1 Å². The quantitative estimate of drug-likeness (QED) is 0.884. The average molecular weight is 331 g/mol. The number of aryl methyl sites for hydroxylation is 1. The zero-order valence-corrected chi connectivity index (χ0v) is 12.2. The van der Waals surface area contributed by atoms with E-state index < -0.39 is 36.4 Å². The van der Waals surface area contributed by atoms with E-state index in [-0.39, 0.29) is 12.2 Å². The van der Waals surface area contributed by atoms with Crippen LogP contribution < -0.4 is 5.73 Å². The summed E-state index contributed by atoms with van der Waals surface area (Å²) in [5, 5.41) is 3.74. The zero-order chi connectivity index (χ0) is 16.8. The molecule has 3 rings (SSSR count). The van der Waals surface area contributed by atoms with Crippen LogP contribution in [0.2, 0.25) is 0 Å². The predicted octanol–water partition coefficient (Wildman–Crippen LogP) is 1.29. The van der Waals surface area contributed by atoms with Crippen LogP contribution in [0.5, 0.6) is 0 Å². The number of amides is 2. The minimum Gasteiger partial charge on any atom is -0.369 e. The van der Waals surface area contributed by atoms with Crippen molar-refractivity contribution in [2.24, 2.45) is 17.6 Å². The van der Waals surface area contributed by atoms with Gasteiger partial charge in [-0.15, -0.1) is 0 Å². The van der Waals surface area contributed by atoms with E-state index in [2.05, 4.69) is 5.16 Å². The number of nitrogens with zero attached hydrogens (tertiary/aromatic N) is 2. The van der Waals surface area contributed by atoms with Crippen LogP contribution >= 0.6 is 0 Å². The standard InChI is InChI=1S/C14H16F3N3O3/c15-14(16,17)9-6-20(5-8(9)12(18)21)13(22)11-7-3-1-2-4-10(7)23-19-11/h8-9H,1-6H2,(H2,18,21)/t8-,9-/m1/s1. The average Bonchev–Trinajstić information content (AvgIpc) is 3.10. The van der Waals surface area contributed by atoms with Gasteiger partial charge in [0.1, 0.15) is 5.76 Å². The lowest BCUT2D eigenvalue weighted by Gasteiger charge is -2.18. The van der Waals surface area contributed by atoms with Crippen LogP contribution in [0.25, 0.3) is 0 Å². The van der Waals surface area contributed by atoms with Crippen molar-refractivity contribution in [3.8, 4) is 0 Å². The van der Waals surface area contributed by atoms with Gasteiger partial charge in [-0.05, 0) is 19.3 Å². The Morgan fingerprint density at radius 3 is 2.52 bits per heavy atom. The van der Waals surface area contributed by atoms with Crippen molar-refractivity contribution in [1.29, 1.82) is 0 Å². The van der Waals surface area contributed by atoms with Crippen LogP contribution in [0.3, 0.4) is 0 Å². The van der Waals surface area contributed by atoms with Gasteiger partial charge in [-0.3, -0.25) is 9.59 Å². The molecular weight excluding hydrogens is 315 g/mol. The molecule has 0 radical (unpaired) electrons. The van der Waals surface area contributed by atoms with Gasteiger partial charge in [0, 0.05) is 25.1 Å². The molecule has 0 saturated carbocycles. The van der Waals surface area contributed by atoms with E-state index in [4.69, 9.17) is 10.3 Å². The van der Waals surface area contributed by atoms with Gasteiger partial charge >= 0.3 is 6.18 Å². The van der Waals surface area contributed by atoms with Crippen molar-refractivity contribution in [1.82, 2.24) is 10.1 Å². The molecule has 126 valence electrons. The Bertz CT molecular complexity index is 641. The Morgan fingerprint density at radius 2 is 1.91 bits per heavy atom. The van der Waals surface area contributed by atoms with Crippen LogP contribution in [0, 0.1) is 11.8 Å². The van der Waals surface area contributed by atoms with E-state index in [0.29, 0.717) is 24.2 Å². The normalized spacial score (nSPS) is 24.6. The van der Waals surface area contributed by atoms with Crippen molar-refractivity contribution < 1.29 is 27.3 Å². The van der Waals surface area contributed by atoms with Crippen LogP contribution in [0.4, 0.5) is 13.2 Å². The van der Waals surface area contributed by atoms with E-state index in [9.17, 15) is 22.8 Å². The number of rotatable bonds is 2. The lowest BCUT2D eigenvalue weighted by molar-refractivity contribution is -0.182. The minimum atomic E-state index is -4.59. The lowest BCUT2D eigenvalue weighted by Crippen LogP contribution is -2.37. The highest BCUT2D eigenvalue weighted by molar-refractivity contribution is 5.94. The molecule has 1 aliphatic heterocycles. The van der Waals surface area contributed by atoms with Gasteiger partial charge in [0.25, 0.3) is 5.91 Å². The number of fused-ring (bicyclic) bond motifs is 1. The topological polar surface area (TPSA) is 89.4 Å². The maximum atomic E-state index is 13.0. The molecule has 9 heteroatoms. The van der Waals surface area contributed by atoms with E-state index in [0.717, 1.165) is 17.7 Å². The minimum absolute atomic E-state index is 0.0609. The molecule has 1 aromatic heterocycles. The molecule has 1 saturated heterocycles. The third kappa shape index (κ3) is 2.79. The molecule has 23 heavy (non-hydrogen) atoms. The first-order valence-corrected chi connectivity index (χ1v) is 7.41. The van der Waals surface area contributed by atoms with Crippen LogP contribution in [-0.4, -0.2) is 41.1 Å². The number of nitrogens with two attached hydrogens (primary N) is 1. The largest absolute Gasteiger partial charge is 0.394 e. The van der Waals surface area contributed by atoms with Crippen molar-refractivity contribution in [3.05, 3.63) is 17.0 Å². The van der Waals surface area contributed by atoms with E-state index >= 15 is 0 Å². The molecule has 0 aromatic carbocycles. The molecule has 0 bridgehead atoms. The Labute approximate surface area is 129 Å². The van der Waals surface area contributed by atoms with Gasteiger partial charge in [0.05, 0.1) is 11.8 Å². The molecule has 2 atom stereocenters. The summed E-state index contributed by atoms with van der Waals surface area (Å²) in [6.45, 7) is -0.933. The number of halogens is 3. The maximum Gasteiger partial charge on any atom is 0.394 e. The molecule has 1 aromatic rings. The number of likely N-dealkylation sites (tertiary alicyclic amines) is 1. The smallest absolute Gasteiger partial charge is 0.369 e. The molecule has 1 aliphatic carbocycles. The zero-order valence-electron chi connectivity index (χ0n) is 12.2. The SMILES string of the molecule is NC(=O)[C@@H]1CN(C(=O)c2noc3c2CCCC3)C[C@H]1C(F)(F)F. The number of primary amides is 1. The molecule has 1 fully saturated rings.